The highest BCUT2D eigenvalue weighted by Crippen LogP contribution is 2.25. The molecule has 0 spiro atoms. The largest absolute Gasteiger partial charge is 0.349 e. The summed E-state index contributed by atoms with van der Waals surface area (Å²) in [7, 11) is 0. The second kappa shape index (κ2) is 11.0. The van der Waals surface area contributed by atoms with E-state index < -0.39 is 0 Å². The molecule has 0 unspecified atom stereocenters. The van der Waals surface area contributed by atoms with Gasteiger partial charge in [-0.3, -0.25) is 19.5 Å². The predicted octanol–water partition coefficient (Wildman–Crippen LogP) is 5.10. The molecule has 194 valence electrons. The Kier molecular flexibility index (Phi) is 7.37. The quantitative estimate of drug-likeness (QED) is 0.324. The first-order chi connectivity index (χ1) is 18.4. The molecular weight excluding hydrogens is 498 g/mol. The fourth-order valence-corrected chi connectivity index (χ4v) is 5.44. The van der Waals surface area contributed by atoms with Gasteiger partial charge in [-0.2, -0.15) is 5.10 Å². The van der Waals surface area contributed by atoms with Crippen LogP contribution < -0.4 is 10.6 Å². The number of H-pyrrole nitrogens is 1. The first-order valence-corrected chi connectivity index (χ1v) is 13.4. The number of fused-ring (bicyclic) bond motifs is 1. The molecule has 2 aromatic carbocycles. The highest BCUT2D eigenvalue weighted by atomic mass is 32.1. The zero-order valence-electron chi connectivity index (χ0n) is 21.3. The van der Waals surface area contributed by atoms with E-state index >= 15 is 0 Å². The van der Waals surface area contributed by atoms with Crippen molar-refractivity contribution in [3.05, 3.63) is 81.2 Å². The van der Waals surface area contributed by atoms with Crippen molar-refractivity contribution < 1.29 is 14.4 Å². The van der Waals surface area contributed by atoms with Gasteiger partial charge in [0.15, 0.2) is 0 Å². The van der Waals surface area contributed by atoms with Crippen molar-refractivity contribution in [2.75, 3.05) is 18.4 Å². The highest BCUT2D eigenvalue weighted by molar-refractivity contribution is 7.12. The fraction of sp³-hybridized carbons (Fsp3) is 0.241. The number of piperidine rings is 1. The average molecular weight is 528 g/mol. The molecule has 9 heteroatoms. The molecule has 4 aromatic rings. The van der Waals surface area contributed by atoms with E-state index in [1.807, 2.05) is 60.9 Å². The van der Waals surface area contributed by atoms with Crippen molar-refractivity contribution in [1.82, 2.24) is 20.4 Å². The van der Waals surface area contributed by atoms with Crippen molar-refractivity contribution in [2.45, 2.75) is 32.7 Å². The van der Waals surface area contributed by atoms with Gasteiger partial charge in [0, 0.05) is 42.7 Å². The molecule has 3 heterocycles. The zero-order valence-corrected chi connectivity index (χ0v) is 22.1. The number of amides is 3. The number of carbonyl (C=O) groups is 3. The number of thiophene rings is 1. The maximum atomic E-state index is 13.1. The van der Waals surface area contributed by atoms with Crippen molar-refractivity contribution >= 4 is 57.8 Å². The summed E-state index contributed by atoms with van der Waals surface area (Å²) in [5.41, 5.74) is 4.38. The van der Waals surface area contributed by atoms with E-state index in [9.17, 15) is 14.4 Å². The van der Waals surface area contributed by atoms with Gasteiger partial charge in [0.2, 0.25) is 5.91 Å². The van der Waals surface area contributed by atoms with Gasteiger partial charge in [-0.05, 0) is 66.6 Å². The molecule has 0 saturated carbocycles. The smallest absolute Gasteiger partial charge is 0.266 e. The first-order valence-electron chi connectivity index (χ1n) is 12.6. The maximum Gasteiger partial charge on any atom is 0.266 e. The number of aryl methyl sites for hydroxylation is 1. The number of likely N-dealkylation sites (tertiary alicyclic amines) is 1. The lowest BCUT2D eigenvalue weighted by Gasteiger charge is -2.31. The standard InChI is InChI=1S/C29H29N5O3S/c1-18-13-16-38-27(18)29(37)31-26-17-21(28(36)30-22-11-14-34(15-12-22)19(2)35)8-7-20(26)9-10-25-23-5-3-4-6-24(23)32-33-25/h3-10,13,16-17,22H,11-12,14-15H2,1-2H3,(H,30,36)(H,31,37)(H,32,33). The second-order valence-electron chi connectivity index (χ2n) is 9.43. The Morgan fingerprint density at radius 3 is 2.58 bits per heavy atom. The molecule has 8 nitrogen and oxygen atoms in total. The third kappa shape index (κ3) is 5.52. The Labute approximate surface area is 224 Å². The number of para-hydroxylation sites is 1. The number of aromatic amines is 1. The van der Waals surface area contributed by atoms with E-state index in [4.69, 9.17) is 0 Å². The van der Waals surface area contributed by atoms with Crippen LogP contribution in [0.15, 0.2) is 53.9 Å². The van der Waals surface area contributed by atoms with Gasteiger partial charge in [-0.15, -0.1) is 11.3 Å². The van der Waals surface area contributed by atoms with Gasteiger partial charge in [-0.25, -0.2) is 0 Å². The first kappa shape index (κ1) is 25.4. The Balaban J connectivity index is 1.39. The summed E-state index contributed by atoms with van der Waals surface area (Å²) in [5, 5.41) is 16.4. The van der Waals surface area contributed by atoms with Gasteiger partial charge < -0.3 is 15.5 Å². The zero-order chi connectivity index (χ0) is 26.6. The number of aromatic nitrogens is 2. The molecule has 0 bridgehead atoms. The molecule has 1 saturated heterocycles. The van der Waals surface area contributed by atoms with Crippen LogP contribution in [0.3, 0.4) is 0 Å². The van der Waals surface area contributed by atoms with Gasteiger partial charge in [0.05, 0.1) is 16.1 Å². The molecule has 1 aliphatic rings. The topological polar surface area (TPSA) is 107 Å². The van der Waals surface area contributed by atoms with Crippen LogP contribution in [0.1, 0.15) is 56.6 Å². The van der Waals surface area contributed by atoms with E-state index in [2.05, 4.69) is 20.8 Å². The Hall–Kier alpha value is -4.24. The van der Waals surface area contributed by atoms with Crippen LogP contribution in [0.25, 0.3) is 23.1 Å². The number of benzene rings is 2. The lowest BCUT2D eigenvalue weighted by atomic mass is 10.0. The molecular formula is C29H29N5O3S. The van der Waals surface area contributed by atoms with Gasteiger partial charge in [0.25, 0.3) is 11.8 Å². The number of hydrogen-bond donors (Lipinski definition) is 3. The molecule has 2 aromatic heterocycles. The number of hydrogen-bond acceptors (Lipinski definition) is 5. The summed E-state index contributed by atoms with van der Waals surface area (Å²) >= 11 is 1.38. The van der Waals surface area contributed by atoms with Gasteiger partial charge in [0.1, 0.15) is 0 Å². The molecule has 1 aliphatic heterocycles. The second-order valence-corrected chi connectivity index (χ2v) is 10.3. The Morgan fingerprint density at radius 2 is 1.84 bits per heavy atom. The summed E-state index contributed by atoms with van der Waals surface area (Å²) in [4.78, 5) is 40.2. The fourth-order valence-electron chi connectivity index (χ4n) is 4.62. The molecule has 0 aliphatic carbocycles. The van der Waals surface area contributed by atoms with Crippen LogP contribution in [0.4, 0.5) is 5.69 Å². The van der Waals surface area contributed by atoms with Crippen LogP contribution in [0, 0.1) is 6.92 Å². The summed E-state index contributed by atoms with van der Waals surface area (Å²) < 4.78 is 0. The van der Waals surface area contributed by atoms with Crippen LogP contribution >= 0.6 is 11.3 Å². The van der Waals surface area contributed by atoms with Crippen LogP contribution in [0.2, 0.25) is 0 Å². The molecule has 0 radical (unpaired) electrons. The number of nitrogens with zero attached hydrogens (tertiary/aromatic N) is 2. The monoisotopic (exact) mass is 527 g/mol. The number of nitrogens with one attached hydrogen (secondary N) is 3. The van der Waals surface area contributed by atoms with E-state index in [0.29, 0.717) is 42.1 Å². The van der Waals surface area contributed by atoms with Crippen molar-refractivity contribution in [3.8, 4) is 0 Å². The summed E-state index contributed by atoms with van der Waals surface area (Å²) in [6.07, 6.45) is 5.21. The lowest BCUT2D eigenvalue weighted by molar-refractivity contribution is -0.129. The number of anilines is 1. The van der Waals surface area contributed by atoms with Crippen molar-refractivity contribution in [1.29, 1.82) is 0 Å². The number of rotatable bonds is 6. The third-order valence-corrected chi connectivity index (χ3v) is 7.84. The third-order valence-electron chi connectivity index (χ3n) is 6.83. The lowest BCUT2D eigenvalue weighted by Crippen LogP contribution is -2.46. The summed E-state index contributed by atoms with van der Waals surface area (Å²) in [6, 6.07) is 15.1. The number of carbonyl (C=O) groups excluding carboxylic acids is 3. The molecule has 1 fully saturated rings. The van der Waals surface area contributed by atoms with E-state index in [1.165, 1.54) is 11.3 Å². The van der Waals surface area contributed by atoms with Gasteiger partial charge in [-0.1, -0.05) is 30.3 Å². The average Bonchev–Trinajstić information content (AvgIpc) is 3.54. The summed E-state index contributed by atoms with van der Waals surface area (Å²) in [5.74, 6) is -0.364. The predicted molar refractivity (Wildman–Crippen MR) is 151 cm³/mol. The normalized spacial score (nSPS) is 14.2. The minimum Gasteiger partial charge on any atom is -0.349 e. The molecule has 3 N–H and O–H groups in total. The molecule has 5 rings (SSSR count). The van der Waals surface area contributed by atoms with E-state index in [0.717, 1.165) is 27.7 Å². The van der Waals surface area contributed by atoms with Gasteiger partial charge >= 0.3 is 0 Å². The molecule has 38 heavy (non-hydrogen) atoms. The van der Waals surface area contributed by atoms with E-state index in [1.54, 1.807) is 24.0 Å². The van der Waals surface area contributed by atoms with Crippen LogP contribution in [-0.2, 0) is 4.79 Å². The molecule has 3 amide bonds. The van der Waals surface area contributed by atoms with Crippen LogP contribution in [-0.4, -0.2) is 52.0 Å². The SMILES string of the molecule is CC(=O)N1CCC(NC(=O)c2ccc(C=Cc3n[nH]c4ccccc34)c(NC(=O)c3sccc3C)c2)CC1. The minimum atomic E-state index is -0.216. The van der Waals surface area contributed by atoms with Crippen LogP contribution in [0.5, 0.6) is 0 Å². The molecule has 0 atom stereocenters. The minimum absolute atomic E-state index is 0.00238. The highest BCUT2D eigenvalue weighted by Gasteiger charge is 2.23. The van der Waals surface area contributed by atoms with Crippen molar-refractivity contribution in [2.24, 2.45) is 0 Å². The Bertz CT molecular complexity index is 1530. The Morgan fingerprint density at radius 1 is 1.05 bits per heavy atom. The summed E-state index contributed by atoms with van der Waals surface area (Å²) in [6.45, 7) is 4.73. The maximum absolute atomic E-state index is 13.1. The van der Waals surface area contributed by atoms with E-state index in [-0.39, 0.29) is 23.8 Å². The van der Waals surface area contributed by atoms with Crippen molar-refractivity contribution in [3.63, 3.8) is 0 Å².